The average Bonchev–Trinajstić information content (AvgIpc) is 2.79. The van der Waals surface area contributed by atoms with E-state index < -0.39 is 17.5 Å². The van der Waals surface area contributed by atoms with Crippen LogP contribution < -0.4 is 0 Å². The molecule has 0 fully saturated rings. The molecule has 17 heavy (non-hydrogen) atoms. The molecule has 0 radical (unpaired) electrons. The van der Waals surface area contributed by atoms with Crippen molar-refractivity contribution in [2.24, 2.45) is 0 Å². The summed E-state index contributed by atoms with van der Waals surface area (Å²) in [7, 11) is 0. The zero-order chi connectivity index (χ0) is 12.6. The summed E-state index contributed by atoms with van der Waals surface area (Å²) in [6.07, 6.45) is 0.452. The van der Waals surface area contributed by atoms with Gasteiger partial charge in [-0.2, -0.15) is 0 Å². The molecule has 1 heterocycles. The van der Waals surface area contributed by atoms with Crippen LogP contribution >= 0.6 is 15.9 Å². The highest BCUT2D eigenvalue weighted by Gasteiger charge is 2.19. The molecule has 0 spiro atoms. The first kappa shape index (κ1) is 11.9. The van der Waals surface area contributed by atoms with Gasteiger partial charge in [-0.05, 0) is 34.1 Å². The van der Waals surface area contributed by atoms with Crippen molar-refractivity contribution in [1.82, 2.24) is 0 Å². The minimum atomic E-state index is -1.57. The third-order valence-electron chi connectivity index (χ3n) is 2.11. The van der Waals surface area contributed by atoms with E-state index >= 15 is 0 Å². The Hall–Kier alpha value is -1.56. The number of benzene rings is 1. The van der Waals surface area contributed by atoms with Gasteiger partial charge in [0.15, 0.2) is 29.5 Å². The van der Waals surface area contributed by atoms with E-state index in [2.05, 4.69) is 15.9 Å². The third kappa shape index (κ3) is 2.00. The molecule has 0 unspecified atom stereocenters. The summed E-state index contributed by atoms with van der Waals surface area (Å²) in [5.41, 5.74) is -0.00509. The highest BCUT2D eigenvalue weighted by molar-refractivity contribution is 9.10. The van der Waals surface area contributed by atoms with Crippen LogP contribution in [0.1, 0.15) is 10.6 Å². The van der Waals surface area contributed by atoms with Gasteiger partial charge >= 0.3 is 0 Å². The number of carbonyl (C=O) groups is 1. The number of furan rings is 1. The molecule has 6 heteroatoms. The Labute approximate surface area is 102 Å². The molecule has 1 aromatic heterocycles. The number of carbonyl (C=O) groups excluding carboxylic acids is 1. The molecule has 0 aliphatic carbocycles. The molecule has 0 atom stereocenters. The first-order valence-electron chi connectivity index (χ1n) is 4.43. The summed E-state index contributed by atoms with van der Waals surface area (Å²) in [5, 5.41) is 0. The van der Waals surface area contributed by atoms with Crippen LogP contribution in [-0.2, 0) is 0 Å². The summed E-state index contributed by atoms with van der Waals surface area (Å²) in [4.78, 5) is 10.4. The Morgan fingerprint density at radius 1 is 1.18 bits per heavy atom. The van der Waals surface area contributed by atoms with E-state index in [-0.39, 0.29) is 21.6 Å². The Balaban J connectivity index is 2.63. The molecular weight excluding hydrogens is 301 g/mol. The largest absolute Gasteiger partial charge is 0.453 e. The van der Waals surface area contributed by atoms with Crippen LogP contribution in [0.2, 0.25) is 0 Å². The minimum absolute atomic E-state index is 0.00509. The smallest absolute Gasteiger partial charge is 0.195 e. The average molecular weight is 305 g/mol. The van der Waals surface area contributed by atoms with Crippen molar-refractivity contribution in [1.29, 1.82) is 0 Å². The molecule has 2 aromatic rings. The Bertz CT molecular complexity index is 593. The van der Waals surface area contributed by atoms with Gasteiger partial charge in [0.2, 0.25) is 0 Å². The Morgan fingerprint density at radius 2 is 1.88 bits per heavy atom. The summed E-state index contributed by atoms with van der Waals surface area (Å²) >= 11 is 2.80. The zero-order valence-corrected chi connectivity index (χ0v) is 9.72. The molecule has 0 aliphatic heterocycles. The normalized spacial score (nSPS) is 10.6. The van der Waals surface area contributed by atoms with Crippen molar-refractivity contribution >= 4 is 22.2 Å². The van der Waals surface area contributed by atoms with Crippen LogP contribution in [0.15, 0.2) is 27.1 Å². The van der Waals surface area contributed by atoms with Crippen molar-refractivity contribution in [3.63, 3.8) is 0 Å². The SMILES string of the molecule is O=Cc1ccc(-c2cc(F)c(F)c(F)c2Br)o1. The van der Waals surface area contributed by atoms with Gasteiger partial charge in [0.25, 0.3) is 0 Å². The second-order valence-electron chi connectivity index (χ2n) is 3.17. The number of rotatable bonds is 2. The quantitative estimate of drug-likeness (QED) is 0.478. The lowest BCUT2D eigenvalue weighted by Crippen LogP contribution is -1.94. The fraction of sp³-hybridized carbons (Fsp3) is 0. The summed E-state index contributed by atoms with van der Waals surface area (Å²) in [6.45, 7) is 0. The van der Waals surface area contributed by atoms with Gasteiger partial charge in [-0.1, -0.05) is 0 Å². The van der Waals surface area contributed by atoms with Gasteiger partial charge < -0.3 is 4.42 Å². The zero-order valence-electron chi connectivity index (χ0n) is 8.14. The van der Waals surface area contributed by atoms with Crippen LogP contribution in [0.5, 0.6) is 0 Å². The van der Waals surface area contributed by atoms with Crippen LogP contribution in [0.25, 0.3) is 11.3 Å². The van der Waals surface area contributed by atoms with E-state index in [1.807, 2.05) is 0 Å². The van der Waals surface area contributed by atoms with Crippen LogP contribution in [0, 0.1) is 17.5 Å². The monoisotopic (exact) mass is 304 g/mol. The number of hydrogen-bond donors (Lipinski definition) is 0. The fourth-order valence-electron chi connectivity index (χ4n) is 1.31. The predicted molar refractivity (Wildman–Crippen MR) is 57.1 cm³/mol. The summed E-state index contributed by atoms with van der Waals surface area (Å²) in [6, 6.07) is 3.49. The van der Waals surface area contributed by atoms with E-state index in [9.17, 15) is 18.0 Å². The number of aldehydes is 1. The first-order chi connectivity index (χ1) is 8.04. The minimum Gasteiger partial charge on any atom is -0.453 e. The molecular formula is C11H4BrF3O2. The Morgan fingerprint density at radius 3 is 2.47 bits per heavy atom. The topological polar surface area (TPSA) is 30.2 Å². The standard InChI is InChI=1S/C11H4BrF3O2/c12-9-6(3-7(13)10(14)11(9)15)8-2-1-5(4-16)17-8/h1-4H. The molecule has 0 bridgehead atoms. The van der Waals surface area contributed by atoms with E-state index in [4.69, 9.17) is 4.42 Å². The van der Waals surface area contributed by atoms with Crippen molar-refractivity contribution in [3.05, 3.63) is 45.9 Å². The van der Waals surface area contributed by atoms with Gasteiger partial charge in [-0.15, -0.1) is 0 Å². The van der Waals surface area contributed by atoms with Gasteiger partial charge in [0.05, 0.1) is 4.47 Å². The van der Waals surface area contributed by atoms with Gasteiger partial charge in [-0.3, -0.25) is 4.79 Å². The second-order valence-corrected chi connectivity index (χ2v) is 3.96. The molecule has 0 aliphatic rings. The molecule has 2 nitrogen and oxygen atoms in total. The molecule has 2 rings (SSSR count). The summed E-state index contributed by atoms with van der Waals surface area (Å²) < 4.78 is 43.9. The van der Waals surface area contributed by atoms with E-state index in [0.29, 0.717) is 6.29 Å². The van der Waals surface area contributed by atoms with Crippen molar-refractivity contribution in [2.45, 2.75) is 0 Å². The highest BCUT2D eigenvalue weighted by Crippen LogP contribution is 2.33. The maximum Gasteiger partial charge on any atom is 0.195 e. The van der Waals surface area contributed by atoms with Crippen LogP contribution in [0.3, 0.4) is 0 Å². The molecule has 0 saturated heterocycles. The molecule has 1 aromatic carbocycles. The lowest BCUT2D eigenvalue weighted by atomic mass is 10.1. The second kappa shape index (κ2) is 4.37. The molecule has 88 valence electrons. The lowest BCUT2D eigenvalue weighted by Gasteiger charge is -2.04. The van der Waals surface area contributed by atoms with Crippen LogP contribution in [-0.4, -0.2) is 6.29 Å². The van der Waals surface area contributed by atoms with Crippen molar-refractivity contribution in [2.75, 3.05) is 0 Å². The van der Waals surface area contributed by atoms with E-state index in [1.165, 1.54) is 12.1 Å². The van der Waals surface area contributed by atoms with Crippen molar-refractivity contribution in [3.8, 4) is 11.3 Å². The summed E-state index contributed by atoms with van der Waals surface area (Å²) in [5.74, 6) is -4.16. The Kier molecular flexibility index (Phi) is 3.06. The maximum absolute atomic E-state index is 13.3. The molecule has 0 saturated carbocycles. The highest BCUT2D eigenvalue weighted by atomic mass is 79.9. The molecule has 0 N–H and O–H groups in total. The first-order valence-corrected chi connectivity index (χ1v) is 5.22. The number of halogens is 4. The van der Waals surface area contributed by atoms with Gasteiger partial charge in [0, 0.05) is 5.56 Å². The van der Waals surface area contributed by atoms with E-state index in [1.54, 1.807) is 0 Å². The van der Waals surface area contributed by atoms with Gasteiger partial charge in [0.1, 0.15) is 5.76 Å². The maximum atomic E-state index is 13.3. The predicted octanol–water partition coefficient (Wildman–Crippen LogP) is 3.94. The molecule has 0 amide bonds. The third-order valence-corrected chi connectivity index (χ3v) is 2.89. The fourth-order valence-corrected chi connectivity index (χ4v) is 1.80. The van der Waals surface area contributed by atoms with Crippen LogP contribution in [0.4, 0.5) is 13.2 Å². The van der Waals surface area contributed by atoms with Crippen molar-refractivity contribution < 1.29 is 22.4 Å². The number of hydrogen-bond acceptors (Lipinski definition) is 2. The lowest BCUT2D eigenvalue weighted by molar-refractivity contribution is 0.110. The van der Waals surface area contributed by atoms with E-state index in [0.717, 1.165) is 6.07 Å². The van der Waals surface area contributed by atoms with Gasteiger partial charge in [-0.25, -0.2) is 13.2 Å².